The molecular formula is C13H22N4. The molecule has 1 aliphatic rings. The maximum Gasteiger partial charge on any atom is 0.0320 e. The molecule has 17 heavy (non-hydrogen) atoms. The van der Waals surface area contributed by atoms with E-state index in [0.29, 0.717) is 6.04 Å². The summed E-state index contributed by atoms with van der Waals surface area (Å²) in [6.45, 7) is 5.47. The summed E-state index contributed by atoms with van der Waals surface area (Å²) in [5, 5.41) is 7.04. The maximum absolute atomic E-state index is 4.12. The first-order chi connectivity index (χ1) is 8.34. The van der Waals surface area contributed by atoms with Crippen LogP contribution in [0.5, 0.6) is 0 Å². The average molecular weight is 234 g/mol. The molecule has 2 N–H and O–H groups in total. The van der Waals surface area contributed by atoms with Gasteiger partial charge in [-0.25, -0.2) is 0 Å². The standard InChI is InChI=1S/C13H22N4/c1-17-8-7-16-13(11-17)10-15-6-4-12-3-2-5-14-9-12/h2-3,5,9,13,15-16H,4,6-8,10-11H2,1H3. The minimum Gasteiger partial charge on any atom is -0.315 e. The summed E-state index contributed by atoms with van der Waals surface area (Å²) in [5.74, 6) is 0. The first-order valence-electron chi connectivity index (χ1n) is 6.36. The van der Waals surface area contributed by atoms with Crippen molar-refractivity contribution in [3.63, 3.8) is 0 Å². The minimum absolute atomic E-state index is 0.586. The van der Waals surface area contributed by atoms with Crippen LogP contribution in [0.15, 0.2) is 24.5 Å². The number of piperazine rings is 1. The van der Waals surface area contributed by atoms with Crippen molar-refractivity contribution in [3.8, 4) is 0 Å². The number of nitrogens with zero attached hydrogens (tertiary/aromatic N) is 2. The number of hydrogen-bond acceptors (Lipinski definition) is 4. The van der Waals surface area contributed by atoms with Crippen LogP contribution in [0.1, 0.15) is 5.56 Å². The fourth-order valence-electron chi connectivity index (χ4n) is 2.18. The van der Waals surface area contributed by atoms with E-state index in [2.05, 4.69) is 33.6 Å². The van der Waals surface area contributed by atoms with E-state index in [4.69, 9.17) is 0 Å². The summed E-state index contributed by atoms with van der Waals surface area (Å²) < 4.78 is 0. The van der Waals surface area contributed by atoms with Crippen molar-refractivity contribution in [2.24, 2.45) is 0 Å². The van der Waals surface area contributed by atoms with Crippen LogP contribution in [-0.4, -0.2) is 55.7 Å². The molecule has 94 valence electrons. The minimum atomic E-state index is 0.586. The van der Waals surface area contributed by atoms with Crippen LogP contribution in [0.4, 0.5) is 0 Å². The molecule has 1 unspecified atom stereocenters. The molecule has 4 nitrogen and oxygen atoms in total. The zero-order valence-electron chi connectivity index (χ0n) is 10.5. The van der Waals surface area contributed by atoms with E-state index in [-0.39, 0.29) is 0 Å². The summed E-state index contributed by atoms with van der Waals surface area (Å²) in [6.07, 6.45) is 4.81. The Morgan fingerprint density at radius 2 is 2.53 bits per heavy atom. The molecule has 1 fully saturated rings. The van der Waals surface area contributed by atoms with Crippen molar-refractivity contribution >= 4 is 0 Å². The first kappa shape index (κ1) is 12.5. The average Bonchev–Trinajstić information content (AvgIpc) is 2.36. The molecule has 0 aromatic carbocycles. The van der Waals surface area contributed by atoms with Gasteiger partial charge in [-0.2, -0.15) is 0 Å². The molecular weight excluding hydrogens is 212 g/mol. The molecule has 1 aromatic rings. The molecule has 0 saturated carbocycles. The summed E-state index contributed by atoms with van der Waals surface area (Å²) in [4.78, 5) is 6.50. The zero-order valence-corrected chi connectivity index (χ0v) is 10.5. The molecule has 2 heterocycles. The Kier molecular flexibility index (Phi) is 4.91. The molecule has 1 atom stereocenters. The monoisotopic (exact) mass is 234 g/mol. The van der Waals surface area contributed by atoms with Gasteiger partial charge >= 0.3 is 0 Å². The smallest absolute Gasteiger partial charge is 0.0320 e. The lowest BCUT2D eigenvalue weighted by atomic mass is 10.2. The summed E-state index contributed by atoms with van der Waals surface area (Å²) in [7, 11) is 2.18. The second-order valence-electron chi connectivity index (χ2n) is 4.73. The van der Waals surface area contributed by atoms with Gasteiger partial charge in [0.1, 0.15) is 0 Å². The summed E-state index contributed by atoms with van der Waals surface area (Å²) >= 11 is 0. The Bertz CT molecular complexity index is 314. The van der Waals surface area contributed by atoms with Gasteiger partial charge in [0.05, 0.1) is 0 Å². The van der Waals surface area contributed by atoms with Gasteiger partial charge in [0.15, 0.2) is 0 Å². The van der Waals surface area contributed by atoms with Crippen LogP contribution in [0.2, 0.25) is 0 Å². The van der Waals surface area contributed by atoms with Crippen LogP contribution in [0.3, 0.4) is 0 Å². The van der Waals surface area contributed by atoms with Gasteiger partial charge < -0.3 is 15.5 Å². The third-order valence-electron chi connectivity index (χ3n) is 3.16. The topological polar surface area (TPSA) is 40.2 Å². The van der Waals surface area contributed by atoms with Crippen LogP contribution >= 0.6 is 0 Å². The molecule has 0 bridgehead atoms. The molecule has 1 aliphatic heterocycles. The third kappa shape index (κ3) is 4.42. The Hall–Kier alpha value is -0.970. The molecule has 1 saturated heterocycles. The normalized spacial score (nSPS) is 21.6. The number of pyridine rings is 1. The van der Waals surface area contributed by atoms with Gasteiger partial charge in [-0.15, -0.1) is 0 Å². The van der Waals surface area contributed by atoms with E-state index in [0.717, 1.165) is 39.1 Å². The second-order valence-corrected chi connectivity index (χ2v) is 4.73. The molecule has 1 aromatic heterocycles. The third-order valence-corrected chi connectivity index (χ3v) is 3.16. The van der Waals surface area contributed by atoms with E-state index in [9.17, 15) is 0 Å². The predicted molar refractivity (Wildman–Crippen MR) is 70.1 cm³/mol. The lowest BCUT2D eigenvalue weighted by molar-refractivity contribution is 0.235. The largest absolute Gasteiger partial charge is 0.315 e. The Morgan fingerprint density at radius 1 is 1.59 bits per heavy atom. The van der Waals surface area contributed by atoms with E-state index in [1.165, 1.54) is 5.56 Å². The highest BCUT2D eigenvalue weighted by molar-refractivity contribution is 5.08. The number of nitrogens with one attached hydrogen (secondary N) is 2. The SMILES string of the molecule is CN1CCNC(CNCCc2cccnc2)C1. The van der Waals surface area contributed by atoms with Crippen LogP contribution in [0, 0.1) is 0 Å². The van der Waals surface area contributed by atoms with Crippen molar-refractivity contribution in [1.82, 2.24) is 20.5 Å². The quantitative estimate of drug-likeness (QED) is 0.710. The summed E-state index contributed by atoms with van der Waals surface area (Å²) in [6, 6.07) is 4.71. The lowest BCUT2D eigenvalue weighted by Crippen LogP contribution is -2.53. The molecule has 4 heteroatoms. The van der Waals surface area contributed by atoms with Crippen LogP contribution in [0.25, 0.3) is 0 Å². The van der Waals surface area contributed by atoms with E-state index in [1.54, 1.807) is 0 Å². The van der Waals surface area contributed by atoms with E-state index in [1.807, 2.05) is 18.5 Å². The molecule has 0 amide bonds. The van der Waals surface area contributed by atoms with E-state index >= 15 is 0 Å². The Balaban J connectivity index is 1.60. The van der Waals surface area contributed by atoms with E-state index < -0.39 is 0 Å². The maximum atomic E-state index is 4.12. The van der Waals surface area contributed by atoms with Gasteiger partial charge in [0.2, 0.25) is 0 Å². The number of hydrogen-bond donors (Lipinski definition) is 2. The Labute approximate surface area is 103 Å². The zero-order chi connectivity index (χ0) is 11.9. The predicted octanol–water partition coefficient (Wildman–Crippen LogP) is 0.117. The second kappa shape index (κ2) is 6.69. The van der Waals surface area contributed by atoms with Crippen molar-refractivity contribution in [2.45, 2.75) is 12.5 Å². The van der Waals surface area contributed by atoms with Gasteiger partial charge in [0.25, 0.3) is 0 Å². The number of rotatable bonds is 5. The van der Waals surface area contributed by atoms with Gasteiger partial charge in [0, 0.05) is 44.6 Å². The summed E-state index contributed by atoms with van der Waals surface area (Å²) in [5.41, 5.74) is 1.30. The highest BCUT2D eigenvalue weighted by Gasteiger charge is 2.15. The number of aromatic nitrogens is 1. The van der Waals surface area contributed by atoms with Crippen molar-refractivity contribution in [2.75, 3.05) is 39.8 Å². The highest BCUT2D eigenvalue weighted by Crippen LogP contribution is 1.97. The fraction of sp³-hybridized carbons (Fsp3) is 0.615. The van der Waals surface area contributed by atoms with Gasteiger partial charge in [-0.3, -0.25) is 4.98 Å². The lowest BCUT2D eigenvalue weighted by Gasteiger charge is -2.31. The van der Waals surface area contributed by atoms with Crippen LogP contribution in [-0.2, 0) is 6.42 Å². The molecule has 2 rings (SSSR count). The van der Waals surface area contributed by atoms with Gasteiger partial charge in [-0.05, 0) is 31.6 Å². The van der Waals surface area contributed by atoms with Crippen molar-refractivity contribution < 1.29 is 0 Å². The van der Waals surface area contributed by atoms with Crippen molar-refractivity contribution in [3.05, 3.63) is 30.1 Å². The number of likely N-dealkylation sites (N-methyl/N-ethyl adjacent to an activating group) is 1. The molecule has 0 spiro atoms. The van der Waals surface area contributed by atoms with Gasteiger partial charge in [-0.1, -0.05) is 6.07 Å². The fourth-order valence-corrected chi connectivity index (χ4v) is 2.18. The molecule has 0 aliphatic carbocycles. The first-order valence-corrected chi connectivity index (χ1v) is 6.36. The van der Waals surface area contributed by atoms with Crippen LogP contribution < -0.4 is 10.6 Å². The Morgan fingerprint density at radius 3 is 3.29 bits per heavy atom. The van der Waals surface area contributed by atoms with Crippen molar-refractivity contribution in [1.29, 1.82) is 0 Å². The molecule has 0 radical (unpaired) electrons. The highest BCUT2D eigenvalue weighted by atomic mass is 15.2.